The Hall–Kier alpha value is -1.13. The van der Waals surface area contributed by atoms with Gasteiger partial charge in [-0.1, -0.05) is 18.5 Å². The number of hydrogen-bond acceptors (Lipinski definition) is 4. The molecule has 2 rings (SSSR count). The molecule has 5 heteroatoms. The molecule has 96 valence electrons. The lowest BCUT2D eigenvalue weighted by molar-refractivity contribution is 0.855. The van der Waals surface area contributed by atoms with E-state index in [9.17, 15) is 0 Å². The van der Waals surface area contributed by atoms with Crippen molar-refractivity contribution in [1.29, 1.82) is 0 Å². The summed E-state index contributed by atoms with van der Waals surface area (Å²) in [4.78, 5) is 8.74. The Morgan fingerprint density at radius 1 is 1.44 bits per heavy atom. The molecule has 0 bridgehead atoms. The molecule has 0 aliphatic heterocycles. The van der Waals surface area contributed by atoms with Gasteiger partial charge >= 0.3 is 0 Å². The second-order valence-electron chi connectivity index (χ2n) is 4.18. The van der Waals surface area contributed by atoms with Gasteiger partial charge in [0.25, 0.3) is 0 Å². The van der Waals surface area contributed by atoms with Crippen LogP contribution in [0.1, 0.15) is 36.8 Å². The molecule has 0 fully saturated rings. The lowest BCUT2D eigenvalue weighted by atomic mass is 10.2. The molecular weight excluding hydrogens is 266 g/mol. The number of hydrogen-bond donors (Lipinski definition) is 1. The molecule has 1 atom stereocenters. The third kappa shape index (κ3) is 2.82. The highest BCUT2D eigenvalue weighted by Crippen LogP contribution is 2.25. The maximum atomic E-state index is 6.12. The molecule has 1 N–H and O–H groups in total. The van der Waals surface area contributed by atoms with E-state index in [-0.39, 0.29) is 6.04 Å². The Balaban J connectivity index is 2.25. The quantitative estimate of drug-likeness (QED) is 0.852. The van der Waals surface area contributed by atoms with E-state index >= 15 is 0 Å². The predicted molar refractivity (Wildman–Crippen MR) is 77.5 cm³/mol. The highest BCUT2D eigenvalue weighted by atomic mass is 35.5. The van der Waals surface area contributed by atoms with Crippen molar-refractivity contribution < 1.29 is 0 Å². The van der Waals surface area contributed by atoms with Gasteiger partial charge in [-0.15, -0.1) is 0 Å². The van der Waals surface area contributed by atoms with Gasteiger partial charge in [0.1, 0.15) is 16.8 Å². The van der Waals surface area contributed by atoms with Crippen LogP contribution in [0.25, 0.3) is 0 Å². The number of nitrogens with zero attached hydrogens (tertiary/aromatic N) is 2. The van der Waals surface area contributed by atoms with Gasteiger partial charge < -0.3 is 5.32 Å². The van der Waals surface area contributed by atoms with Crippen molar-refractivity contribution in [2.75, 3.05) is 5.32 Å². The molecule has 0 spiro atoms. The SMILES string of the molecule is CCc1nc(Cl)c(C)c(NC(C)c2ccsc2)n1. The predicted octanol–water partition coefficient (Wildman–Crippen LogP) is 4.24. The van der Waals surface area contributed by atoms with Crippen LogP contribution in [0.3, 0.4) is 0 Å². The first kappa shape index (κ1) is 13.3. The Labute approximate surface area is 116 Å². The van der Waals surface area contributed by atoms with Crippen LogP contribution < -0.4 is 5.32 Å². The van der Waals surface area contributed by atoms with E-state index in [0.717, 1.165) is 23.6 Å². The Kier molecular flexibility index (Phi) is 4.19. The van der Waals surface area contributed by atoms with Crippen LogP contribution in [0.2, 0.25) is 5.15 Å². The summed E-state index contributed by atoms with van der Waals surface area (Å²) >= 11 is 7.81. The molecule has 0 saturated carbocycles. The van der Waals surface area contributed by atoms with E-state index in [1.165, 1.54) is 5.56 Å². The zero-order valence-corrected chi connectivity index (χ0v) is 12.3. The van der Waals surface area contributed by atoms with Gasteiger partial charge in [0.2, 0.25) is 0 Å². The Morgan fingerprint density at radius 3 is 2.83 bits per heavy atom. The molecular formula is C13H16ClN3S. The molecule has 0 aliphatic carbocycles. The fourth-order valence-corrected chi connectivity index (χ4v) is 2.58. The zero-order chi connectivity index (χ0) is 13.1. The number of halogens is 1. The van der Waals surface area contributed by atoms with Crippen LogP contribution in [0.5, 0.6) is 0 Å². The van der Waals surface area contributed by atoms with E-state index in [2.05, 4.69) is 39.0 Å². The lowest BCUT2D eigenvalue weighted by Gasteiger charge is -2.16. The summed E-state index contributed by atoms with van der Waals surface area (Å²) in [5.74, 6) is 1.59. The van der Waals surface area contributed by atoms with Crippen LogP contribution >= 0.6 is 22.9 Å². The molecule has 0 amide bonds. The van der Waals surface area contributed by atoms with Gasteiger partial charge in [-0.2, -0.15) is 11.3 Å². The molecule has 0 aliphatic rings. The van der Waals surface area contributed by atoms with Crippen LogP contribution in [-0.4, -0.2) is 9.97 Å². The summed E-state index contributed by atoms with van der Waals surface area (Å²) in [5.41, 5.74) is 2.16. The minimum atomic E-state index is 0.214. The van der Waals surface area contributed by atoms with Crippen molar-refractivity contribution in [2.24, 2.45) is 0 Å². The molecule has 2 heterocycles. The number of nitrogens with one attached hydrogen (secondary N) is 1. The average Bonchev–Trinajstić information content (AvgIpc) is 2.88. The average molecular weight is 282 g/mol. The second-order valence-corrected chi connectivity index (χ2v) is 5.32. The maximum absolute atomic E-state index is 6.12. The monoisotopic (exact) mass is 281 g/mol. The fraction of sp³-hybridized carbons (Fsp3) is 0.385. The van der Waals surface area contributed by atoms with Crippen molar-refractivity contribution in [3.05, 3.63) is 38.9 Å². The van der Waals surface area contributed by atoms with Crippen molar-refractivity contribution in [3.8, 4) is 0 Å². The third-order valence-electron chi connectivity index (χ3n) is 2.85. The molecule has 2 aromatic rings. The van der Waals surface area contributed by atoms with Gasteiger partial charge in [0.15, 0.2) is 0 Å². The van der Waals surface area contributed by atoms with Crippen molar-refractivity contribution in [1.82, 2.24) is 9.97 Å². The molecule has 3 nitrogen and oxygen atoms in total. The lowest BCUT2D eigenvalue weighted by Crippen LogP contribution is -2.10. The van der Waals surface area contributed by atoms with Crippen LogP contribution in [0.15, 0.2) is 16.8 Å². The van der Waals surface area contributed by atoms with E-state index in [0.29, 0.717) is 5.15 Å². The summed E-state index contributed by atoms with van der Waals surface area (Å²) in [5, 5.41) is 8.14. The summed E-state index contributed by atoms with van der Waals surface area (Å²) in [6.07, 6.45) is 0.779. The largest absolute Gasteiger partial charge is 0.363 e. The number of aromatic nitrogens is 2. The highest BCUT2D eigenvalue weighted by Gasteiger charge is 2.12. The van der Waals surface area contributed by atoms with Gasteiger partial charge in [0, 0.05) is 12.0 Å². The van der Waals surface area contributed by atoms with Crippen molar-refractivity contribution in [3.63, 3.8) is 0 Å². The topological polar surface area (TPSA) is 37.8 Å². The number of rotatable bonds is 4. The van der Waals surface area contributed by atoms with E-state index < -0.39 is 0 Å². The minimum absolute atomic E-state index is 0.214. The normalized spacial score (nSPS) is 12.4. The summed E-state index contributed by atoms with van der Waals surface area (Å²) < 4.78 is 0. The van der Waals surface area contributed by atoms with E-state index in [4.69, 9.17) is 11.6 Å². The first-order valence-corrected chi connectivity index (χ1v) is 7.25. The zero-order valence-electron chi connectivity index (χ0n) is 10.7. The summed E-state index contributed by atoms with van der Waals surface area (Å²) in [7, 11) is 0. The fourth-order valence-electron chi connectivity index (χ4n) is 1.64. The molecule has 0 saturated heterocycles. The number of thiophene rings is 1. The van der Waals surface area contributed by atoms with E-state index in [1.54, 1.807) is 11.3 Å². The Morgan fingerprint density at radius 2 is 2.22 bits per heavy atom. The standard InChI is InChI=1S/C13H16ClN3S/c1-4-11-16-12(14)8(2)13(17-11)15-9(3)10-5-6-18-7-10/h5-7,9H,4H2,1-3H3,(H,15,16,17). The van der Waals surface area contributed by atoms with Crippen molar-refractivity contribution >= 4 is 28.8 Å². The first-order chi connectivity index (χ1) is 8.61. The summed E-state index contributed by atoms with van der Waals surface area (Å²) in [6, 6.07) is 2.33. The second kappa shape index (κ2) is 5.67. The maximum Gasteiger partial charge on any atom is 0.137 e. The molecule has 2 aromatic heterocycles. The molecule has 18 heavy (non-hydrogen) atoms. The minimum Gasteiger partial charge on any atom is -0.363 e. The summed E-state index contributed by atoms with van der Waals surface area (Å²) in [6.45, 7) is 6.07. The van der Waals surface area contributed by atoms with E-state index in [1.807, 2.05) is 13.8 Å². The highest BCUT2D eigenvalue weighted by molar-refractivity contribution is 7.07. The van der Waals surface area contributed by atoms with Gasteiger partial charge in [0.05, 0.1) is 6.04 Å². The number of anilines is 1. The smallest absolute Gasteiger partial charge is 0.137 e. The number of aryl methyl sites for hydroxylation is 1. The van der Waals surface area contributed by atoms with Crippen molar-refractivity contribution in [2.45, 2.75) is 33.2 Å². The van der Waals surface area contributed by atoms with Crippen LogP contribution in [-0.2, 0) is 6.42 Å². The Bertz CT molecular complexity index is 525. The van der Waals surface area contributed by atoms with Gasteiger partial charge in [-0.25, -0.2) is 9.97 Å². The molecule has 0 aromatic carbocycles. The van der Waals surface area contributed by atoms with Gasteiger partial charge in [-0.05, 0) is 36.2 Å². The molecule has 1 unspecified atom stereocenters. The van der Waals surface area contributed by atoms with Crippen LogP contribution in [0, 0.1) is 6.92 Å². The first-order valence-electron chi connectivity index (χ1n) is 5.93. The molecule has 0 radical (unpaired) electrons. The third-order valence-corrected chi connectivity index (χ3v) is 3.91. The van der Waals surface area contributed by atoms with Gasteiger partial charge in [-0.3, -0.25) is 0 Å². The van der Waals surface area contributed by atoms with Crippen LogP contribution in [0.4, 0.5) is 5.82 Å².